The van der Waals surface area contributed by atoms with Crippen LogP contribution in [-0.2, 0) is 6.54 Å². The summed E-state index contributed by atoms with van der Waals surface area (Å²) in [7, 11) is 0. The summed E-state index contributed by atoms with van der Waals surface area (Å²) in [6.45, 7) is 5.10. The maximum atomic E-state index is 12.8. The van der Waals surface area contributed by atoms with Gasteiger partial charge in [0.2, 0.25) is 0 Å². The molecule has 4 nitrogen and oxygen atoms in total. The molecule has 0 atom stereocenters. The standard InChI is InChI=1S/C17H21N3O/c1-3-11-20(15-8-6-14(12-18)7-9-15)17(21)16-5-4-10-19-13(16)2/h4-10H,3,11-12,18H2,1-2H3. The lowest BCUT2D eigenvalue weighted by Gasteiger charge is -2.23. The fourth-order valence-electron chi connectivity index (χ4n) is 2.24. The topological polar surface area (TPSA) is 59.2 Å². The Hall–Kier alpha value is -2.20. The van der Waals surface area contributed by atoms with Crippen molar-refractivity contribution in [3.05, 3.63) is 59.4 Å². The third-order valence-electron chi connectivity index (χ3n) is 3.41. The van der Waals surface area contributed by atoms with E-state index in [0.29, 0.717) is 18.7 Å². The third-order valence-corrected chi connectivity index (χ3v) is 3.41. The van der Waals surface area contributed by atoms with Gasteiger partial charge in [-0.2, -0.15) is 0 Å². The van der Waals surface area contributed by atoms with Crippen LogP contribution >= 0.6 is 0 Å². The van der Waals surface area contributed by atoms with Crippen molar-refractivity contribution in [3.8, 4) is 0 Å². The van der Waals surface area contributed by atoms with Crippen molar-refractivity contribution >= 4 is 11.6 Å². The Bertz CT molecular complexity index is 608. The summed E-state index contributed by atoms with van der Waals surface area (Å²) in [5.41, 5.74) is 8.96. The summed E-state index contributed by atoms with van der Waals surface area (Å²) in [4.78, 5) is 18.8. The zero-order valence-electron chi connectivity index (χ0n) is 12.5. The summed E-state index contributed by atoms with van der Waals surface area (Å²) in [5, 5.41) is 0. The lowest BCUT2D eigenvalue weighted by Crippen LogP contribution is -2.32. The molecule has 0 aliphatic rings. The highest BCUT2D eigenvalue weighted by Crippen LogP contribution is 2.19. The number of aryl methyl sites for hydroxylation is 1. The number of carbonyl (C=O) groups excluding carboxylic acids is 1. The monoisotopic (exact) mass is 283 g/mol. The number of anilines is 1. The van der Waals surface area contributed by atoms with E-state index in [1.165, 1.54) is 0 Å². The van der Waals surface area contributed by atoms with Gasteiger partial charge in [-0.25, -0.2) is 0 Å². The van der Waals surface area contributed by atoms with Gasteiger partial charge >= 0.3 is 0 Å². The minimum Gasteiger partial charge on any atom is -0.326 e. The first-order valence-corrected chi connectivity index (χ1v) is 7.19. The van der Waals surface area contributed by atoms with Gasteiger partial charge in [-0.15, -0.1) is 0 Å². The number of hydrogen-bond acceptors (Lipinski definition) is 3. The highest BCUT2D eigenvalue weighted by atomic mass is 16.2. The second kappa shape index (κ2) is 6.99. The van der Waals surface area contributed by atoms with Crippen LogP contribution in [0.2, 0.25) is 0 Å². The summed E-state index contributed by atoms with van der Waals surface area (Å²) in [5.74, 6) is -0.0112. The fraction of sp³-hybridized carbons (Fsp3) is 0.294. The number of nitrogens with zero attached hydrogens (tertiary/aromatic N) is 2. The molecule has 1 aromatic carbocycles. The number of benzene rings is 1. The molecule has 0 saturated carbocycles. The summed E-state index contributed by atoms with van der Waals surface area (Å²) in [6, 6.07) is 11.4. The van der Waals surface area contributed by atoms with Gasteiger partial charge in [0.05, 0.1) is 5.56 Å². The minimum atomic E-state index is -0.0112. The van der Waals surface area contributed by atoms with E-state index < -0.39 is 0 Å². The van der Waals surface area contributed by atoms with Crippen LogP contribution in [0.1, 0.15) is 35.0 Å². The number of amides is 1. The molecule has 110 valence electrons. The molecular weight excluding hydrogens is 262 g/mol. The molecule has 0 bridgehead atoms. The van der Waals surface area contributed by atoms with E-state index in [9.17, 15) is 4.79 Å². The highest BCUT2D eigenvalue weighted by Gasteiger charge is 2.18. The molecule has 1 aromatic heterocycles. The van der Waals surface area contributed by atoms with E-state index in [4.69, 9.17) is 5.73 Å². The maximum Gasteiger partial charge on any atom is 0.260 e. The zero-order chi connectivity index (χ0) is 15.2. The third kappa shape index (κ3) is 3.47. The number of rotatable bonds is 5. The number of carbonyl (C=O) groups is 1. The van der Waals surface area contributed by atoms with Gasteiger partial charge < -0.3 is 10.6 Å². The van der Waals surface area contributed by atoms with Crippen LogP contribution in [0.5, 0.6) is 0 Å². The first kappa shape index (κ1) is 15.2. The van der Waals surface area contributed by atoms with Crippen LogP contribution in [0, 0.1) is 6.92 Å². The molecule has 2 aromatic rings. The Kier molecular flexibility index (Phi) is 5.06. The number of hydrogen-bond donors (Lipinski definition) is 1. The lowest BCUT2D eigenvalue weighted by atomic mass is 10.1. The lowest BCUT2D eigenvalue weighted by molar-refractivity contribution is 0.0986. The Labute approximate surface area is 125 Å². The van der Waals surface area contributed by atoms with Gasteiger partial charge in [-0.05, 0) is 43.2 Å². The Morgan fingerprint density at radius 2 is 1.95 bits per heavy atom. The predicted octanol–water partition coefficient (Wildman–Crippen LogP) is 2.91. The smallest absolute Gasteiger partial charge is 0.260 e. The van der Waals surface area contributed by atoms with E-state index in [1.807, 2.05) is 37.3 Å². The van der Waals surface area contributed by atoms with Crippen molar-refractivity contribution in [1.29, 1.82) is 0 Å². The average molecular weight is 283 g/mol. The molecule has 0 saturated heterocycles. The summed E-state index contributed by atoms with van der Waals surface area (Å²) < 4.78 is 0. The minimum absolute atomic E-state index is 0.0112. The largest absolute Gasteiger partial charge is 0.326 e. The maximum absolute atomic E-state index is 12.8. The second-order valence-corrected chi connectivity index (χ2v) is 4.96. The number of nitrogens with two attached hydrogens (primary N) is 1. The average Bonchev–Trinajstić information content (AvgIpc) is 2.52. The van der Waals surface area contributed by atoms with Crippen LogP contribution < -0.4 is 10.6 Å². The van der Waals surface area contributed by atoms with Gasteiger partial charge in [0, 0.05) is 30.7 Å². The first-order valence-electron chi connectivity index (χ1n) is 7.19. The molecule has 2 N–H and O–H groups in total. The van der Waals surface area contributed by atoms with Crippen molar-refractivity contribution < 1.29 is 4.79 Å². The SMILES string of the molecule is CCCN(C(=O)c1cccnc1C)c1ccc(CN)cc1. The summed E-state index contributed by atoms with van der Waals surface area (Å²) >= 11 is 0. The molecule has 0 fully saturated rings. The van der Waals surface area contributed by atoms with Gasteiger partial charge in [0.1, 0.15) is 0 Å². The van der Waals surface area contributed by atoms with Crippen LogP contribution in [-0.4, -0.2) is 17.4 Å². The molecule has 21 heavy (non-hydrogen) atoms. The Morgan fingerprint density at radius 1 is 1.24 bits per heavy atom. The molecule has 1 amide bonds. The fourth-order valence-corrected chi connectivity index (χ4v) is 2.24. The van der Waals surface area contributed by atoms with Crippen LogP contribution in [0.25, 0.3) is 0 Å². The van der Waals surface area contributed by atoms with Crippen molar-refractivity contribution in [2.45, 2.75) is 26.8 Å². The molecule has 1 heterocycles. The zero-order valence-corrected chi connectivity index (χ0v) is 12.5. The molecule has 2 rings (SSSR count). The van der Waals surface area contributed by atoms with Gasteiger partial charge in [0.25, 0.3) is 5.91 Å². The Morgan fingerprint density at radius 3 is 2.52 bits per heavy atom. The molecule has 0 aliphatic carbocycles. The first-order chi connectivity index (χ1) is 10.2. The van der Waals surface area contributed by atoms with Crippen molar-refractivity contribution in [3.63, 3.8) is 0 Å². The van der Waals surface area contributed by atoms with E-state index in [-0.39, 0.29) is 5.91 Å². The predicted molar refractivity (Wildman–Crippen MR) is 85.3 cm³/mol. The van der Waals surface area contributed by atoms with Crippen molar-refractivity contribution in [2.75, 3.05) is 11.4 Å². The molecule has 0 unspecified atom stereocenters. The van der Waals surface area contributed by atoms with E-state index in [2.05, 4.69) is 11.9 Å². The van der Waals surface area contributed by atoms with E-state index >= 15 is 0 Å². The highest BCUT2D eigenvalue weighted by molar-refractivity contribution is 6.06. The Balaban J connectivity index is 2.33. The van der Waals surface area contributed by atoms with Crippen molar-refractivity contribution in [1.82, 2.24) is 4.98 Å². The second-order valence-electron chi connectivity index (χ2n) is 4.96. The van der Waals surface area contributed by atoms with Crippen LogP contribution in [0.3, 0.4) is 0 Å². The van der Waals surface area contributed by atoms with Crippen LogP contribution in [0.15, 0.2) is 42.6 Å². The normalized spacial score (nSPS) is 10.4. The van der Waals surface area contributed by atoms with E-state index in [1.54, 1.807) is 17.2 Å². The molecule has 0 radical (unpaired) electrons. The van der Waals surface area contributed by atoms with E-state index in [0.717, 1.165) is 23.4 Å². The molecule has 4 heteroatoms. The summed E-state index contributed by atoms with van der Waals surface area (Å²) in [6.07, 6.45) is 2.59. The molecular formula is C17H21N3O. The van der Waals surface area contributed by atoms with Crippen LogP contribution in [0.4, 0.5) is 5.69 Å². The van der Waals surface area contributed by atoms with Gasteiger partial charge in [0.15, 0.2) is 0 Å². The number of pyridine rings is 1. The quantitative estimate of drug-likeness (QED) is 0.918. The van der Waals surface area contributed by atoms with Crippen molar-refractivity contribution in [2.24, 2.45) is 5.73 Å². The molecule has 0 aliphatic heterocycles. The van der Waals surface area contributed by atoms with Gasteiger partial charge in [-0.1, -0.05) is 19.1 Å². The number of aromatic nitrogens is 1. The molecule has 0 spiro atoms. The van der Waals surface area contributed by atoms with Gasteiger partial charge in [-0.3, -0.25) is 9.78 Å².